The molecular weight excluding hydrogens is 196 g/mol. The van der Waals surface area contributed by atoms with E-state index in [9.17, 15) is 4.79 Å². The quantitative estimate of drug-likeness (QED) is 0.812. The molecule has 3 heteroatoms. The number of carboxylic acids is 1. The number of aliphatic carboxylic acids is 1. The second-order valence-electron chi connectivity index (χ2n) is 3.50. The molecule has 1 unspecified atom stereocenters. The molecule has 0 aliphatic heterocycles. The van der Waals surface area contributed by atoms with Gasteiger partial charge >= 0.3 is 5.97 Å². The van der Waals surface area contributed by atoms with Gasteiger partial charge in [-0.2, -0.15) is 0 Å². The average molecular weight is 212 g/mol. The van der Waals surface area contributed by atoms with Crippen LogP contribution in [0.25, 0.3) is 0 Å². The van der Waals surface area contributed by atoms with Crippen molar-refractivity contribution in [3.63, 3.8) is 0 Å². The van der Waals surface area contributed by atoms with Gasteiger partial charge in [0.05, 0.1) is 5.92 Å². The summed E-state index contributed by atoms with van der Waals surface area (Å²) in [5.41, 5.74) is 1.11. The SMILES string of the molecule is CCCCC(C(=O)O)c1sccc1C. The highest BCUT2D eigenvalue weighted by molar-refractivity contribution is 7.10. The summed E-state index contributed by atoms with van der Waals surface area (Å²) in [6.45, 7) is 4.06. The van der Waals surface area contributed by atoms with Gasteiger partial charge < -0.3 is 5.11 Å². The molecule has 14 heavy (non-hydrogen) atoms. The van der Waals surface area contributed by atoms with E-state index in [0.717, 1.165) is 29.7 Å². The van der Waals surface area contributed by atoms with Crippen LogP contribution < -0.4 is 0 Å². The molecule has 0 bridgehead atoms. The Balaban J connectivity index is 2.78. The lowest BCUT2D eigenvalue weighted by atomic mass is 9.98. The topological polar surface area (TPSA) is 37.3 Å². The van der Waals surface area contributed by atoms with Gasteiger partial charge in [-0.3, -0.25) is 4.79 Å². The zero-order chi connectivity index (χ0) is 10.6. The van der Waals surface area contributed by atoms with Gasteiger partial charge in [0, 0.05) is 4.88 Å². The minimum Gasteiger partial charge on any atom is -0.481 e. The first-order chi connectivity index (χ1) is 6.66. The second kappa shape index (κ2) is 5.15. The van der Waals surface area contributed by atoms with Crippen molar-refractivity contribution in [2.24, 2.45) is 0 Å². The van der Waals surface area contributed by atoms with E-state index < -0.39 is 5.97 Å². The first kappa shape index (κ1) is 11.2. The van der Waals surface area contributed by atoms with Crippen molar-refractivity contribution in [2.45, 2.75) is 39.0 Å². The monoisotopic (exact) mass is 212 g/mol. The zero-order valence-electron chi connectivity index (χ0n) is 8.62. The minimum absolute atomic E-state index is 0.296. The molecule has 0 saturated carbocycles. The summed E-state index contributed by atoms with van der Waals surface area (Å²) in [6.07, 6.45) is 2.79. The van der Waals surface area contributed by atoms with Gasteiger partial charge in [-0.15, -0.1) is 11.3 Å². The van der Waals surface area contributed by atoms with E-state index in [1.807, 2.05) is 18.4 Å². The van der Waals surface area contributed by atoms with Crippen LogP contribution in [0.2, 0.25) is 0 Å². The van der Waals surface area contributed by atoms with Crippen molar-refractivity contribution >= 4 is 17.3 Å². The van der Waals surface area contributed by atoms with Crippen LogP contribution in [0.5, 0.6) is 0 Å². The fraction of sp³-hybridized carbons (Fsp3) is 0.545. The molecule has 1 rings (SSSR count). The predicted octanol–water partition coefficient (Wildman–Crippen LogP) is 3.41. The molecule has 0 aliphatic carbocycles. The number of rotatable bonds is 5. The number of unbranched alkanes of at least 4 members (excludes halogenated alkanes) is 1. The van der Waals surface area contributed by atoms with E-state index in [0.29, 0.717) is 0 Å². The summed E-state index contributed by atoms with van der Waals surface area (Å²) >= 11 is 1.56. The summed E-state index contributed by atoms with van der Waals surface area (Å²) < 4.78 is 0. The molecule has 1 aromatic rings. The molecule has 0 aromatic carbocycles. The van der Waals surface area contributed by atoms with Crippen LogP contribution in [-0.4, -0.2) is 11.1 Å². The lowest BCUT2D eigenvalue weighted by molar-refractivity contribution is -0.138. The number of carboxylic acid groups (broad SMARTS) is 1. The predicted molar refractivity (Wildman–Crippen MR) is 59.0 cm³/mol. The molecule has 2 nitrogen and oxygen atoms in total. The third-order valence-corrected chi connectivity index (χ3v) is 3.50. The summed E-state index contributed by atoms with van der Waals surface area (Å²) in [5.74, 6) is -0.987. The lowest BCUT2D eigenvalue weighted by Crippen LogP contribution is -2.11. The van der Waals surface area contributed by atoms with Crippen molar-refractivity contribution < 1.29 is 9.90 Å². The summed E-state index contributed by atoms with van der Waals surface area (Å²) in [6, 6.07) is 1.99. The molecule has 0 aliphatic rings. The molecule has 78 valence electrons. The van der Waals surface area contributed by atoms with Gasteiger partial charge in [0.15, 0.2) is 0 Å². The van der Waals surface area contributed by atoms with Crippen LogP contribution in [0.1, 0.15) is 42.5 Å². The van der Waals surface area contributed by atoms with Crippen molar-refractivity contribution in [1.82, 2.24) is 0 Å². The summed E-state index contributed by atoms with van der Waals surface area (Å²) in [4.78, 5) is 12.1. The van der Waals surface area contributed by atoms with E-state index in [1.165, 1.54) is 0 Å². The first-order valence-corrected chi connectivity index (χ1v) is 5.81. The molecule has 0 spiro atoms. The Morgan fingerprint density at radius 1 is 1.64 bits per heavy atom. The maximum atomic E-state index is 11.1. The molecule has 1 N–H and O–H groups in total. The lowest BCUT2D eigenvalue weighted by Gasteiger charge is -2.10. The standard InChI is InChI=1S/C11H16O2S/c1-3-4-5-9(11(12)13)10-8(2)6-7-14-10/h6-7,9H,3-5H2,1-2H3,(H,12,13). The summed E-state index contributed by atoms with van der Waals surface area (Å²) in [7, 11) is 0. The average Bonchev–Trinajstić information content (AvgIpc) is 2.52. The largest absolute Gasteiger partial charge is 0.481 e. The Kier molecular flexibility index (Phi) is 4.14. The molecule has 1 atom stereocenters. The number of hydrogen-bond donors (Lipinski definition) is 1. The van der Waals surface area contributed by atoms with E-state index >= 15 is 0 Å². The third-order valence-electron chi connectivity index (χ3n) is 2.36. The van der Waals surface area contributed by atoms with Crippen LogP contribution >= 0.6 is 11.3 Å². The van der Waals surface area contributed by atoms with Crippen molar-refractivity contribution in [1.29, 1.82) is 0 Å². The van der Waals surface area contributed by atoms with E-state index in [2.05, 4.69) is 6.92 Å². The van der Waals surface area contributed by atoms with E-state index in [-0.39, 0.29) is 5.92 Å². The van der Waals surface area contributed by atoms with Crippen molar-refractivity contribution in [2.75, 3.05) is 0 Å². The van der Waals surface area contributed by atoms with Crippen LogP contribution in [0.3, 0.4) is 0 Å². The zero-order valence-corrected chi connectivity index (χ0v) is 9.43. The van der Waals surface area contributed by atoms with Crippen LogP contribution in [0.15, 0.2) is 11.4 Å². The highest BCUT2D eigenvalue weighted by atomic mass is 32.1. The van der Waals surface area contributed by atoms with Crippen LogP contribution in [-0.2, 0) is 4.79 Å². The minimum atomic E-state index is -0.691. The highest BCUT2D eigenvalue weighted by Gasteiger charge is 2.21. The normalized spacial score (nSPS) is 12.7. The van der Waals surface area contributed by atoms with Gasteiger partial charge in [-0.05, 0) is 30.4 Å². The number of thiophene rings is 1. The Morgan fingerprint density at radius 2 is 2.36 bits per heavy atom. The van der Waals surface area contributed by atoms with Gasteiger partial charge in [0.2, 0.25) is 0 Å². The maximum Gasteiger partial charge on any atom is 0.311 e. The number of aryl methyl sites for hydroxylation is 1. The maximum absolute atomic E-state index is 11.1. The highest BCUT2D eigenvalue weighted by Crippen LogP contribution is 2.29. The molecule has 0 amide bonds. The van der Waals surface area contributed by atoms with E-state index in [1.54, 1.807) is 11.3 Å². The van der Waals surface area contributed by atoms with E-state index in [4.69, 9.17) is 5.11 Å². The van der Waals surface area contributed by atoms with Gasteiger partial charge in [0.1, 0.15) is 0 Å². The molecular formula is C11H16O2S. The van der Waals surface area contributed by atoms with Gasteiger partial charge in [0.25, 0.3) is 0 Å². The molecule has 0 fully saturated rings. The first-order valence-electron chi connectivity index (χ1n) is 4.93. The Hall–Kier alpha value is -0.830. The van der Waals surface area contributed by atoms with Crippen molar-refractivity contribution in [3.8, 4) is 0 Å². The van der Waals surface area contributed by atoms with Crippen molar-refractivity contribution in [3.05, 3.63) is 21.9 Å². The van der Waals surface area contributed by atoms with Crippen LogP contribution in [0, 0.1) is 6.92 Å². The Morgan fingerprint density at radius 3 is 2.79 bits per heavy atom. The third kappa shape index (κ3) is 2.58. The fourth-order valence-electron chi connectivity index (χ4n) is 1.52. The number of carbonyl (C=O) groups is 1. The second-order valence-corrected chi connectivity index (χ2v) is 4.45. The Bertz CT molecular complexity index is 304. The molecule has 1 heterocycles. The van der Waals surface area contributed by atoms with Gasteiger partial charge in [-0.25, -0.2) is 0 Å². The Labute approximate surface area is 88.6 Å². The number of hydrogen-bond acceptors (Lipinski definition) is 2. The van der Waals surface area contributed by atoms with Crippen LogP contribution in [0.4, 0.5) is 0 Å². The molecule has 0 radical (unpaired) electrons. The molecule has 1 aromatic heterocycles. The fourth-order valence-corrected chi connectivity index (χ4v) is 2.57. The smallest absolute Gasteiger partial charge is 0.311 e. The molecule has 0 saturated heterocycles. The van der Waals surface area contributed by atoms with Gasteiger partial charge in [-0.1, -0.05) is 19.8 Å². The summed E-state index contributed by atoms with van der Waals surface area (Å²) in [5, 5.41) is 11.1.